The Bertz CT molecular complexity index is 1830. The Morgan fingerprint density at radius 3 is 2.37 bits per heavy atom. The van der Waals surface area contributed by atoms with Crippen molar-refractivity contribution in [2.24, 2.45) is 0 Å². The Kier molecular flexibility index (Phi) is 11.1. The van der Waals surface area contributed by atoms with Crippen molar-refractivity contribution in [2.75, 3.05) is 16.4 Å². The van der Waals surface area contributed by atoms with Crippen LogP contribution in [0.15, 0.2) is 110 Å². The van der Waals surface area contributed by atoms with Crippen LogP contribution < -0.4 is 16.0 Å². The number of furan rings is 1. The van der Waals surface area contributed by atoms with Crippen LogP contribution in [0.4, 0.5) is 10.8 Å². The molecule has 234 valence electrons. The summed E-state index contributed by atoms with van der Waals surface area (Å²) in [5, 5.41) is 16.6. The summed E-state index contributed by atoms with van der Waals surface area (Å²) in [4.78, 5) is 40.0. The first-order chi connectivity index (χ1) is 22.3. The van der Waals surface area contributed by atoms with Crippen molar-refractivity contribution in [1.82, 2.24) is 15.5 Å². The number of aromatic nitrogens is 2. The molecule has 0 aliphatic heterocycles. The summed E-state index contributed by atoms with van der Waals surface area (Å²) < 4.78 is 6.81. The average molecular weight is 670 g/mol. The summed E-state index contributed by atoms with van der Waals surface area (Å²) in [6.45, 7) is 5.85. The van der Waals surface area contributed by atoms with Gasteiger partial charge in [-0.3, -0.25) is 19.7 Å². The predicted octanol–water partition coefficient (Wildman–Crippen LogP) is 7.75. The number of aryl methyl sites for hydroxylation is 1. The number of carbonyl (C=O) groups is 3. The number of carbonyl (C=O) groups excluding carboxylic acids is 3. The van der Waals surface area contributed by atoms with Gasteiger partial charge in [-0.2, -0.15) is 0 Å². The number of hydrogen-bond donors (Lipinski definition) is 3. The number of benzene rings is 3. The molecule has 0 bridgehead atoms. The Balaban J connectivity index is 1.26. The van der Waals surface area contributed by atoms with Gasteiger partial charge in [0, 0.05) is 27.8 Å². The third-order valence-electron chi connectivity index (χ3n) is 6.48. The molecule has 0 saturated heterocycles. The van der Waals surface area contributed by atoms with Gasteiger partial charge in [-0.05, 0) is 68.1 Å². The van der Waals surface area contributed by atoms with Gasteiger partial charge in [-0.15, -0.1) is 22.0 Å². The fourth-order valence-corrected chi connectivity index (χ4v) is 6.63. The van der Waals surface area contributed by atoms with Gasteiger partial charge >= 0.3 is 0 Å². The van der Waals surface area contributed by atoms with E-state index in [1.807, 2.05) is 69.3 Å². The van der Waals surface area contributed by atoms with Crippen molar-refractivity contribution in [1.29, 1.82) is 0 Å². The number of hydrogen-bond acceptors (Lipinski definition) is 9. The number of nitrogens with zero attached hydrogens (tertiary/aromatic N) is 2. The maximum absolute atomic E-state index is 13.5. The second-order valence-electron chi connectivity index (χ2n) is 9.98. The lowest BCUT2D eigenvalue weighted by molar-refractivity contribution is -0.115. The Hall–Kier alpha value is -4.65. The van der Waals surface area contributed by atoms with Gasteiger partial charge in [-0.25, -0.2) is 0 Å². The van der Waals surface area contributed by atoms with Crippen LogP contribution in [0.3, 0.4) is 0 Å². The van der Waals surface area contributed by atoms with E-state index in [2.05, 4.69) is 26.1 Å². The molecule has 12 heteroatoms. The summed E-state index contributed by atoms with van der Waals surface area (Å²) in [5.41, 5.74) is 2.97. The largest absolute Gasteiger partial charge is 0.457 e. The minimum absolute atomic E-state index is 0.0135. The zero-order valence-electron chi connectivity index (χ0n) is 25.3. The predicted molar refractivity (Wildman–Crippen MR) is 186 cm³/mol. The molecule has 46 heavy (non-hydrogen) atoms. The van der Waals surface area contributed by atoms with E-state index in [1.54, 1.807) is 54.2 Å². The normalized spacial score (nSPS) is 11.9. The van der Waals surface area contributed by atoms with Crippen LogP contribution in [0, 0.1) is 6.92 Å². The second-order valence-corrected chi connectivity index (χ2v) is 13.9. The van der Waals surface area contributed by atoms with Crippen LogP contribution >= 0.6 is 34.9 Å². The topological polar surface area (TPSA) is 126 Å². The zero-order chi connectivity index (χ0) is 32.5. The first-order valence-corrected chi connectivity index (χ1v) is 17.1. The smallest absolute Gasteiger partial charge is 0.272 e. The van der Waals surface area contributed by atoms with Crippen molar-refractivity contribution >= 4 is 69.5 Å². The molecule has 3 amide bonds. The molecular formula is C34H31N5O4S3. The summed E-state index contributed by atoms with van der Waals surface area (Å²) in [6.07, 6.45) is 1.50. The average Bonchev–Trinajstić information content (AvgIpc) is 3.72. The van der Waals surface area contributed by atoms with E-state index in [0.29, 0.717) is 27.9 Å². The van der Waals surface area contributed by atoms with E-state index < -0.39 is 17.1 Å². The molecule has 0 fully saturated rings. The van der Waals surface area contributed by atoms with Crippen LogP contribution in [0.5, 0.6) is 0 Å². The maximum Gasteiger partial charge on any atom is 0.272 e. The van der Waals surface area contributed by atoms with Crippen molar-refractivity contribution < 1.29 is 18.8 Å². The number of nitrogens with one attached hydrogen (secondary N) is 3. The van der Waals surface area contributed by atoms with Gasteiger partial charge in [0.1, 0.15) is 17.2 Å². The van der Waals surface area contributed by atoms with Gasteiger partial charge in [-0.1, -0.05) is 78.1 Å². The van der Waals surface area contributed by atoms with E-state index >= 15 is 0 Å². The van der Waals surface area contributed by atoms with Crippen LogP contribution in [-0.4, -0.2) is 38.9 Å². The van der Waals surface area contributed by atoms with E-state index in [0.717, 1.165) is 26.1 Å². The summed E-state index contributed by atoms with van der Waals surface area (Å²) >= 11 is 4.29. The van der Waals surface area contributed by atoms with E-state index in [-0.39, 0.29) is 11.6 Å². The number of rotatable bonds is 12. The van der Waals surface area contributed by atoms with Crippen LogP contribution in [-0.2, 0) is 9.59 Å². The number of amides is 3. The third kappa shape index (κ3) is 8.96. The molecule has 9 nitrogen and oxygen atoms in total. The van der Waals surface area contributed by atoms with Gasteiger partial charge in [0.25, 0.3) is 11.8 Å². The highest BCUT2D eigenvalue weighted by Crippen LogP contribution is 2.29. The van der Waals surface area contributed by atoms with E-state index in [9.17, 15) is 14.4 Å². The van der Waals surface area contributed by atoms with E-state index in [1.165, 1.54) is 29.2 Å². The summed E-state index contributed by atoms with van der Waals surface area (Å²) in [6, 6.07) is 27.2. The maximum atomic E-state index is 13.5. The molecule has 3 aromatic carbocycles. The first-order valence-electron chi connectivity index (χ1n) is 14.4. The van der Waals surface area contributed by atoms with Gasteiger partial charge < -0.3 is 15.1 Å². The lowest BCUT2D eigenvalue weighted by Gasteiger charge is -2.12. The highest BCUT2D eigenvalue weighted by atomic mass is 32.2. The Labute approximate surface area is 279 Å². The SMILES string of the molecule is CCSc1nnc(NC(=O)C(C)Sc2ccc(NC(=O)/C(=C/c3ccc(-c4ccc(C)cc4)o3)NC(=O)c3ccccc3)cc2)s1. The first kappa shape index (κ1) is 32.7. The quantitative estimate of drug-likeness (QED) is 0.0700. The summed E-state index contributed by atoms with van der Waals surface area (Å²) in [5.74, 6) is 0.786. The molecule has 0 saturated carbocycles. The highest BCUT2D eigenvalue weighted by molar-refractivity contribution is 8.01. The Morgan fingerprint density at radius 1 is 0.913 bits per heavy atom. The minimum Gasteiger partial charge on any atom is -0.457 e. The van der Waals surface area contributed by atoms with Crippen LogP contribution in [0.1, 0.15) is 35.5 Å². The molecule has 0 spiro atoms. The fourth-order valence-electron chi connectivity index (χ4n) is 4.11. The van der Waals surface area contributed by atoms with Crippen molar-refractivity contribution in [3.05, 3.63) is 114 Å². The molecule has 5 rings (SSSR count). The van der Waals surface area contributed by atoms with Gasteiger partial charge in [0.15, 0.2) is 4.34 Å². The molecule has 2 heterocycles. The lowest BCUT2D eigenvalue weighted by atomic mass is 10.1. The molecule has 1 unspecified atom stereocenters. The van der Waals surface area contributed by atoms with Crippen molar-refractivity contribution in [3.8, 4) is 11.3 Å². The number of thioether (sulfide) groups is 2. The molecule has 0 radical (unpaired) electrons. The van der Waals surface area contributed by atoms with Crippen LogP contribution in [0.2, 0.25) is 0 Å². The monoisotopic (exact) mass is 669 g/mol. The van der Waals surface area contributed by atoms with Gasteiger partial charge in [0.2, 0.25) is 11.0 Å². The number of anilines is 2. The molecule has 5 aromatic rings. The molecule has 0 aliphatic rings. The fraction of sp³-hybridized carbons (Fsp3) is 0.147. The van der Waals surface area contributed by atoms with E-state index in [4.69, 9.17) is 4.42 Å². The highest BCUT2D eigenvalue weighted by Gasteiger charge is 2.19. The lowest BCUT2D eigenvalue weighted by Crippen LogP contribution is -2.30. The van der Waals surface area contributed by atoms with Crippen LogP contribution in [0.25, 0.3) is 17.4 Å². The van der Waals surface area contributed by atoms with Gasteiger partial charge in [0.05, 0.1) is 5.25 Å². The minimum atomic E-state index is -0.525. The zero-order valence-corrected chi connectivity index (χ0v) is 27.7. The Morgan fingerprint density at radius 2 is 1.65 bits per heavy atom. The molecule has 0 aliphatic carbocycles. The molecular weight excluding hydrogens is 639 g/mol. The molecule has 1 atom stereocenters. The van der Waals surface area contributed by atoms with Crippen molar-refractivity contribution in [2.45, 2.75) is 35.3 Å². The second kappa shape index (κ2) is 15.6. The summed E-state index contributed by atoms with van der Waals surface area (Å²) in [7, 11) is 0. The molecule has 3 N–H and O–H groups in total. The standard InChI is InChI=1S/C34H31N5O4S3/c1-4-44-34-39-38-33(46-34)37-30(40)22(3)45-27-17-14-25(15-18-27)35-32(42)28(36-31(41)24-8-6-5-7-9-24)20-26-16-19-29(43-26)23-12-10-21(2)11-13-23/h5-20,22H,4H2,1-3H3,(H,35,42)(H,36,41)(H,37,38,40)/b28-20-. The van der Waals surface area contributed by atoms with Crippen molar-refractivity contribution in [3.63, 3.8) is 0 Å². The third-order valence-corrected chi connectivity index (χ3v) is 9.44. The molecule has 2 aromatic heterocycles.